The first-order valence-corrected chi connectivity index (χ1v) is 9.46. The number of alkyl halides is 2. The van der Waals surface area contributed by atoms with Crippen LogP contribution in [0, 0.1) is 6.92 Å². The number of carbonyl (C=O) groups is 2. The molecule has 2 aromatic rings. The maximum Gasteiger partial charge on any atom is 0.319 e. The fourth-order valence-corrected chi connectivity index (χ4v) is 3.72. The first-order valence-electron chi connectivity index (χ1n) is 9.46. The maximum absolute atomic E-state index is 13.1. The minimum absolute atomic E-state index is 0.0609. The average molecular weight is 392 g/mol. The molecule has 9 heteroatoms. The van der Waals surface area contributed by atoms with E-state index < -0.39 is 12.5 Å². The molecular weight excluding hydrogens is 370 g/mol. The second-order valence-corrected chi connectivity index (χ2v) is 7.55. The summed E-state index contributed by atoms with van der Waals surface area (Å²) in [6, 6.07) is 4.27. The molecule has 0 radical (unpaired) electrons. The molecule has 2 fully saturated rings. The van der Waals surface area contributed by atoms with Crippen molar-refractivity contribution in [2.45, 2.75) is 63.6 Å². The van der Waals surface area contributed by atoms with Gasteiger partial charge in [0.15, 0.2) is 0 Å². The van der Waals surface area contributed by atoms with Crippen LogP contribution in [0.5, 0.6) is 0 Å². The Hall–Kier alpha value is -2.71. The van der Waals surface area contributed by atoms with Crippen molar-refractivity contribution in [3.05, 3.63) is 41.0 Å². The molecule has 0 unspecified atom stereocenters. The normalized spacial score (nSPS) is 21.9. The summed E-state index contributed by atoms with van der Waals surface area (Å²) in [5.41, 5.74) is 1.09. The van der Waals surface area contributed by atoms with Crippen LogP contribution in [0.4, 0.5) is 8.78 Å². The molecule has 28 heavy (non-hydrogen) atoms. The summed E-state index contributed by atoms with van der Waals surface area (Å²) in [5, 5.41) is 9.62. The Morgan fingerprint density at radius 1 is 1.14 bits per heavy atom. The molecule has 2 amide bonds. The van der Waals surface area contributed by atoms with Gasteiger partial charge in [-0.2, -0.15) is 8.78 Å². The summed E-state index contributed by atoms with van der Waals surface area (Å²) >= 11 is 0. The molecule has 7 nitrogen and oxygen atoms in total. The van der Waals surface area contributed by atoms with Gasteiger partial charge < -0.3 is 15.2 Å². The highest BCUT2D eigenvalue weighted by Gasteiger charge is 2.31. The first kappa shape index (κ1) is 18.6. The number of aryl methyl sites for hydroxylation is 1. The molecule has 2 N–H and O–H groups in total. The number of hydrogen-bond donors (Lipinski definition) is 2. The van der Waals surface area contributed by atoms with Gasteiger partial charge in [-0.25, -0.2) is 0 Å². The Bertz CT molecular complexity index is 888. The van der Waals surface area contributed by atoms with Gasteiger partial charge in [0.05, 0.1) is 5.69 Å². The molecule has 0 aromatic carbocycles. The van der Waals surface area contributed by atoms with E-state index in [1.165, 1.54) is 19.1 Å². The highest BCUT2D eigenvalue weighted by atomic mass is 19.3. The number of carbonyl (C=O) groups excluding carboxylic acids is 2. The number of halogens is 2. The Labute approximate surface area is 160 Å². The van der Waals surface area contributed by atoms with E-state index in [9.17, 15) is 18.4 Å². The number of amides is 2. The lowest BCUT2D eigenvalue weighted by molar-refractivity contribution is 0.0614. The van der Waals surface area contributed by atoms with Gasteiger partial charge in [0, 0.05) is 29.8 Å². The Balaban J connectivity index is 1.31. The van der Waals surface area contributed by atoms with Crippen LogP contribution in [-0.4, -0.2) is 33.6 Å². The summed E-state index contributed by atoms with van der Waals surface area (Å²) in [4.78, 5) is 24.7. The zero-order valence-corrected chi connectivity index (χ0v) is 15.5. The molecule has 0 bridgehead atoms. The summed E-state index contributed by atoms with van der Waals surface area (Å²) in [7, 11) is 0. The van der Waals surface area contributed by atoms with E-state index in [2.05, 4.69) is 15.8 Å². The quantitative estimate of drug-likeness (QED) is 0.790. The highest BCUT2D eigenvalue weighted by molar-refractivity contribution is 5.93. The number of hydrogen-bond acceptors (Lipinski definition) is 4. The summed E-state index contributed by atoms with van der Waals surface area (Å²) in [6.45, 7) is -1.24. The van der Waals surface area contributed by atoms with E-state index in [1.807, 2.05) is 0 Å². The number of nitrogens with zero attached hydrogens (tertiary/aromatic N) is 2. The van der Waals surface area contributed by atoms with Gasteiger partial charge in [-0.1, -0.05) is 5.16 Å². The van der Waals surface area contributed by atoms with E-state index in [-0.39, 0.29) is 29.4 Å². The summed E-state index contributed by atoms with van der Waals surface area (Å²) < 4.78 is 32.1. The van der Waals surface area contributed by atoms with Crippen molar-refractivity contribution in [3.8, 4) is 0 Å². The van der Waals surface area contributed by atoms with Crippen LogP contribution < -0.4 is 10.6 Å². The van der Waals surface area contributed by atoms with Crippen molar-refractivity contribution < 1.29 is 22.9 Å². The van der Waals surface area contributed by atoms with E-state index in [4.69, 9.17) is 4.52 Å². The number of rotatable bonds is 6. The SMILES string of the molecule is Cc1ccc(C(=O)N[C@H]2CC[C@@H](NC(=O)c3cc(C4CC4)no3)C2)n1C(F)F. The summed E-state index contributed by atoms with van der Waals surface area (Å²) in [5.74, 6) is -0.250. The van der Waals surface area contributed by atoms with Gasteiger partial charge in [0.25, 0.3) is 11.8 Å². The largest absolute Gasteiger partial charge is 0.351 e. The minimum atomic E-state index is -2.77. The van der Waals surface area contributed by atoms with Crippen LogP contribution in [0.25, 0.3) is 0 Å². The number of nitrogens with one attached hydrogen (secondary N) is 2. The lowest BCUT2D eigenvalue weighted by Crippen LogP contribution is -2.37. The molecule has 2 aliphatic carbocycles. The molecular formula is C19H22F2N4O3. The predicted octanol–water partition coefficient (Wildman–Crippen LogP) is 3.14. The second kappa shape index (κ2) is 7.37. The van der Waals surface area contributed by atoms with Crippen molar-refractivity contribution in [2.75, 3.05) is 0 Å². The van der Waals surface area contributed by atoms with Crippen LogP contribution in [0.3, 0.4) is 0 Å². The molecule has 2 aromatic heterocycles. The van der Waals surface area contributed by atoms with Crippen molar-refractivity contribution in [1.82, 2.24) is 20.4 Å². The molecule has 150 valence electrons. The van der Waals surface area contributed by atoms with Crippen molar-refractivity contribution in [1.29, 1.82) is 0 Å². The predicted molar refractivity (Wildman–Crippen MR) is 95.3 cm³/mol. The third-order valence-corrected chi connectivity index (χ3v) is 5.40. The molecule has 0 aliphatic heterocycles. The Kier molecular flexibility index (Phi) is 4.91. The zero-order chi connectivity index (χ0) is 19.8. The van der Waals surface area contributed by atoms with E-state index in [0.29, 0.717) is 35.4 Å². The third kappa shape index (κ3) is 3.79. The molecule has 4 rings (SSSR count). The van der Waals surface area contributed by atoms with Gasteiger partial charge >= 0.3 is 6.55 Å². The van der Waals surface area contributed by atoms with E-state index >= 15 is 0 Å². The summed E-state index contributed by atoms with van der Waals surface area (Å²) in [6.07, 6.45) is 4.04. The van der Waals surface area contributed by atoms with Crippen LogP contribution in [0.2, 0.25) is 0 Å². The lowest BCUT2D eigenvalue weighted by atomic mass is 10.2. The molecule has 2 aliphatic rings. The molecule has 0 saturated heterocycles. The van der Waals surface area contributed by atoms with Gasteiger partial charge in [0.1, 0.15) is 5.69 Å². The van der Waals surface area contributed by atoms with Crippen LogP contribution in [-0.2, 0) is 0 Å². The monoisotopic (exact) mass is 392 g/mol. The smallest absolute Gasteiger partial charge is 0.319 e. The standard InChI is InChI=1S/C19H22F2N4O3/c1-10-2-7-15(25(10)19(20)21)17(26)22-12-5-6-13(8-12)23-18(27)16-9-14(24-28-16)11-3-4-11/h2,7,9,11-13,19H,3-6,8H2,1H3,(H,22,26)(H,23,27)/t12-,13+/m0/s1. The van der Waals surface area contributed by atoms with Crippen LogP contribution in [0.15, 0.2) is 22.7 Å². The van der Waals surface area contributed by atoms with E-state index in [1.54, 1.807) is 6.07 Å². The fraction of sp³-hybridized carbons (Fsp3) is 0.526. The third-order valence-electron chi connectivity index (χ3n) is 5.40. The van der Waals surface area contributed by atoms with Gasteiger partial charge in [-0.3, -0.25) is 14.2 Å². The van der Waals surface area contributed by atoms with Gasteiger partial charge in [0.2, 0.25) is 5.76 Å². The van der Waals surface area contributed by atoms with Crippen LogP contribution >= 0.6 is 0 Å². The van der Waals surface area contributed by atoms with Crippen molar-refractivity contribution in [2.24, 2.45) is 0 Å². The average Bonchev–Trinajstić information content (AvgIpc) is 3.05. The van der Waals surface area contributed by atoms with Gasteiger partial charge in [-0.05, 0) is 51.2 Å². The fourth-order valence-electron chi connectivity index (χ4n) is 3.72. The first-order chi connectivity index (χ1) is 13.4. The Morgan fingerprint density at radius 2 is 1.82 bits per heavy atom. The maximum atomic E-state index is 13.1. The van der Waals surface area contributed by atoms with E-state index in [0.717, 1.165) is 18.5 Å². The zero-order valence-electron chi connectivity index (χ0n) is 15.5. The van der Waals surface area contributed by atoms with Crippen LogP contribution in [0.1, 0.15) is 77.0 Å². The van der Waals surface area contributed by atoms with Crippen molar-refractivity contribution in [3.63, 3.8) is 0 Å². The highest BCUT2D eigenvalue weighted by Crippen LogP contribution is 2.39. The lowest BCUT2D eigenvalue weighted by Gasteiger charge is -2.15. The van der Waals surface area contributed by atoms with Crippen molar-refractivity contribution >= 4 is 11.8 Å². The second-order valence-electron chi connectivity index (χ2n) is 7.55. The topological polar surface area (TPSA) is 89.2 Å². The molecule has 2 atom stereocenters. The molecule has 2 saturated carbocycles. The minimum Gasteiger partial charge on any atom is -0.351 e. The van der Waals surface area contributed by atoms with Gasteiger partial charge in [-0.15, -0.1) is 0 Å². The molecule has 2 heterocycles. The number of aromatic nitrogens is 2. The molecule has 0 spiro atoms. The Morgan fingerprint density at radius 3 is 2.46 bits per heavy atom.